The Hall–Kier alpha value is -1.91. The summed E-state index contributed by atoms with van der Waals surface area (Å²) >= 11 is 0. The first-order valence-electron chi connectivity index (χ1n) is 5.52. The number of methoxy groups -OCH3 is 1. The molecule has 0 bridgehead atoms. The molecule has 94 valence electrons. The standard InChI is InChI=1S/C12H19N3O2/c1-9-5-6-10(17-2)8-11(9)14-7-3-4-12(13)15-16/h5-6,8,14,16H,3-4,7H2,1-2H3,(H2,13,15). The first-order valence-corrected chi connectivity index (χ1v) is 5.52. The summed E-state index contributed by atoms with van der Waals surface area (Å²) in [5, 5.41) is 14.6. The molecular formula is C12H19N3O2. The van der Waals surface area contributed by atoms with E-state index in [1.165, 1.54) is 0 Å². The number of anilines is 1. The maximum absolute atomic E-state index is 8.39. The van der Waals surface area contributed by atoms with E-state index in [1.54, 1.807) is 7.11 Å². The molecule has 4 N–H and O–H groups in total. The van der Waals surface area contributed by atoms with E-state index in [1.807, 2.05) is 25.1 Å². The molecule has 1 rings (SSSR count). The third kappa shape index (κ3) is 4.22. The van der Waals surface area contributed by atoms with Crippen LogP contribution in [0.5, 0.6) is 5.75 Å². The molecule has 1 aromatic rings. The molecule has 0 amide bonds. The zero-order chi connectivity index (χ0) is 12.7. The van der Waals surface area contributed by atoms with Crippen LogP contribution in [0, 0.1) is 6.92 Å². The first kappa shape index (κ1) is 13.2. The van der Waals surface area contributed by atoms with E-state index < -0.39 is 0 Å². The molecule has 0 spiro atoms. The smallest absolute Gasteiger partial charge is 0.139 e. The summed E-state index contributed by atoms with van der Waals surface area (Å²) in [5.74, 6) is 1.09. The summed E-state index contributed by atoms with van der Waals surface area (Å²) in [6.45, 7) is 2.80. The molecule has 0 atom stereocenters. The van der Waals surface area contributed by atoms with Crippen LogP contribution in [0.1, 0.15) is 18.4 Å². The van der Waals surface area contributed by atoms with Gasteiger partial charge in [-0.3, -0.25) is 0 Å². The van der Waals surface area contributed by atoms with Crippen molar-refractivity contribution in [1.82, 2.24) is 0 Å². The van der Waals surface area contributed by atoms with Crippen LogP contribution in [-0.4, -0.2) is 24.7 Å². The van der Waals surface area contributed by atoms with Crippen molar-refractivity contribution in [2.45, 2.75) is 19.8 Å². The van der Waals surface area contributed by atoms with Crippen LogP contribution in [0.25, 0.3) is 0 Å². The molecule has 0 aliphatic heterocycles. The molecule has 5 nitrogen and oxygen atoms in total. The van der Waals surface area contributed by atoms with Crippen LogP contribution in [0.2, 0.25) is 0 Å². The molecule has 5 heteroatoms. The maximum atomic E-state index is 8.39. The minimum absolute atomic E-state index is 0.258. The second-order valence-electron chi connectivity index (χ2n) is 3.80. The van der Waals surface area contributed by atoms with E-state index in [9.17, 15) is 0 Å². The predicted octanol–water partition coefficient (Wildman–Crippen LogP) is 1.94. The molecule has 0 aliphatic carbocycles. The molecule has 0 aliphatic rings. The van der Waals surface area contributed by atoms with Crippen molar-refractivity contribution in [3.8, 4) is 5.75 Å². The largest absolute Gasteiger partial charge is 0.497 e. The second kappa shape index (κ2) is 6.62. The summed E-state index contributed by atoms with van der Waals surface area (Å²) < 4.78 is 5.16. The van der Waals surface area contributed by atoms with Crippen LogP contribution >= 0.6 is 0 Å². The van der Waals surface area contributed by atoms with Crippen LogP contribution in [0.3, 0.4) is 0 Å². The number of aryl methyl sites for hydroxylation is 1. The zero-order valence-corrected chi connectivity index (χ0v) is 10.2. The van der Waals surface area contributed by atoms with Gasteiger partial charge in [0, 0.05) is 24.7 Å². The molecule has 0 radical (unpaired) electrons. The van der Waals surface area contributed by atoms with Gasteiger partial charge in [0.1, 0.15) is 11.6 Å². The average Bonchev–Trinajstić information content (AvgIpc) is 2.36. The molecule has 0 fully saturated rings. The monoisotopic (exact) mass is 237 g/mol. The Labute approximate surface area is 101 Å². The molecule has 17 heavy (non-hydrogen) atoms. The lowest BCUT2D eigenvalue weighted by molar-refractivity contribution is 0.316. The fourth-order valence-corrected chi connectivity index (χ4v) is 1.46. The Morgan fingerprint density at radius 1 is 1.53 bits per heavy atom. The number of benzene rings is 1. The summed E-state index contributed by atoms with van der Waals surface area (Å²) in [6.07, 6.45) is 1.39. The highest BCUT2D eigenvalue weighted by Gasteiger charge is 2.00. The van der Waals surface area contributed by atoms with Gasteiger partial charge in [0.25, 0.3) is 0 Å². The van der Waals surface area contributed by atoms with Gasteiger partial charge in [0.15, 0.2) is 0 Å². The van der Waals surface area contributed by atoms with Crippen LogP contribution in [0.15, 0.2) is 23.4 Å². The van der Waals surface area contributed by atoms with Crippen molar-refractivity contribution in [3.05, 3.63) is 23.8 Å². The number of oxime groups is 1. The molecule has 0 heterocycles. The van der Waals surface area contributed by atoms with Crippen molar-refractivity contribution < 1.29 is 9.94 Å². The minimum atomic E-state index is 0.258. The van der Waals surface area contributed by atoms with Crippen molar-refractivity contribution in [3.63, 3.8) is 0 Å². The molecule has 0 aromatic heterocycles. The Morgan fingerprint density at radius 3 is 2.94 bits per heavy atom. The molecule has 0 saturated heterocycles. The average molecular weight is 237 g/mol. The Morgan fingerprint density at radius 2 is 2.29 bits per heavy atom. The van der Waals surface area contributed by atoms with Gasteiger partial charge in [0.05, 0.1) is 7.11 Å². The highest BCUT2D eigenvalue weighted by Crippen LogP contribution is 2.21. The molecule has 1 aromatic carbocycles. The van der Waals surface area contributed by atoms with Crippen molar-refractivity contribution in [2.75, 3.05) is 19.0 Å². The Kier molecular flexibility index (Phi) is 5.13. The highest BCUT2D eigenvalue weighted by molar-refractivity contribution is 5.79. The maximum Gasteiger partial charge on any atom is 0.139 e. The summed E-state index contributed by atoms with van der Waals surface area (Å²) in [6, 6.07) is 5.89. The van der Waals surface area contributed by atoms with E-state index >= 15 is 0 Å². The molecule has 0 saturated carbocycles. The van der Waals surface area contributed by atoms with Crippen LogP contribution < -0.4 is 15.8 Å². The van der Waals surface area contributed by atoms with Gasteiger partial charge in [-0.1, -0.05) is 11.2 Å². The van der Waals surface area contributed by atoms with Crippen molar-refractivity contribution >= 4 is 11.5 Å². The minimum Gasteiger partial charge on any atom is -0.497 e. The lowest BCUT2D eigenvalue weighted by Gasteiger charge is -2.10. The Bertz CT molecular complexity index is 391. The van der Waals surface area contributed by atoms with Gasteiger partial charge in [-0.25, -0.2) is 0 Å². The first-order chi connectivity index (χ1) is 8.17. The molecular weight excluding hydrogens is 218 g/mol. The van der Waals surface area contributed by atoms with Gasteiger partial charge >= 0.3 is 0 Å². The fourth-order valence-electron chi connectivity index (χ4n) is 1.46. The number of nitrogens with one attached hydrogen (secondary N) is 1. The van der Waals surface area contributed by atoms with Gasteiger partial charge in [-0.2, -0.15) is 0 Å². The van der Waals surface area contributed by atoms with E-state index in [0.29, 0.717) is 6.42 Å². The SMILES string of the molecule is COc1ccc(C)c(NCCC/C(N)=N/O)c1. The number of ether oxygens (including phenoxy) is 1. The van der Waals surface area contributed by atoms with E-state index in [2.05, 4.69) is 10.5 Å². The zero-order valence-electron chi connectivity index (χ0n) is 10.2. The second-order valence-corrected chi connectivity index (χ2v) is 3.80. The van der Waals surface area contributed by atoms with Crippen molar-refractivity contribution in [1.29, 1.82) is 0 Å². The normalized spacial score (nSPS) is 11.3. The number of hydrogen-bond acceptors (Lipinski definition) is 4. The predicted molar refractivity (Wildman–Crippen MR) is 68.9 cm³/mol. The Balaban J connectivity index is 2.46. The lowest BCUT2D eigenvalue weighted by atomic mass is 10.2. The fraction of sp³-hybridized carbons (Fsp3) is 0.417. The quantitative estimate of drug-likeness (QED) is 0.232. The van der Waals surface area contributed by atoms with Gasteiger partial charge in [-0.15, -0.1) is 0 Å². The van der Waals surface area contributed by atoms with Crippen LogP contribution in [0.4, 0.5) is 5.69 Å². The number of amidine groups is 1. The molecule has 0 unspecified atom stereocenters. The lowest BCUT2D eigenvalue weighted by Crippen LogP contribution is -2.13. The van der Waals surface area contributed by atoms with Gasteiger partial charge < -0.3 is 21.0 Å². The van der Waals surface area contributed by atoms with Crippen molar-refractivity contribution in [2.24, 2.45) is 10.9 Å². The van der Waals surface area contributed by atoms with Crippen LogP contribution in [-0.2, 0) is 0 Å². The third-order valence-corrected chi connectivity index (χ3v) is 2.50. The number of rotatable bonds is 6. The summed E-state index contributed by atoms with van der Waals surface area (Å²) in [5.41, 5.74) is 7.59. The van der Waals surface area contributed by atoms with E-state index in [-0.39, 0.29) is 5.84 Å². The topological polar surface area (TPSA) is 79.9 Å². The number of hydrogen-bond donors (Lipinski definition) is 3. The number of nitrogens with two attached hydrogens (primary N) is 1. The van der Waals surface area contributed by atoms with E-state index in [0.717, 1.165) is 30.0 Å². The summed E-state index contributed by atoms with van der Waals surface area (Å²) in [7, 11) is 1.65. The van der Waals surface area contributed by atoms with Gasteiger partial charge in [-0.05, 0) is 25.0 Å². The highest BCUT2D eigenvalue weighted by atomic mass is 16.5. The number of nitrogens with zero attached hydrogens (tertiary/aromatic N) is 1. The third-order valence-electron chi connectivity index (χ3n) is 2.50. The summed E-state index contributed by atoms with van der Waals surface area (Å²) in [4.78, 5) is 0. The van der Waals surface area contributed by atoms with E-state index in [4.69, 9.17) is 15.7 Å². The van der Waals surface area contributed by atoms with Gasteiger partial charge in [0.2, 0.25) is 0 Å².